The molecule has 1 aliphatic rings. The molecule has 1 heterocycles. The molecule has 0 saturated carbocycles. The predicted molar refractivity (Wildman–Crippen MR) is 46.1 cm³/mol. The van der Waals surface area contributed by atoms with Crippen LogP contribution in [0, 0.1) is 0 Å². The van der Waals surface area contributed by atoms with Gasteiger partial charge in [0.2, 0.25) is 0 Å². The van der Waals surface area contributed by atoms with Gasteiger partial charge in [0, 0.05) is 4.88 Å². The average Bonchev–Trinajstić information content (AvgIpc) is 2.49. The number of rotatable bonds is 1. The lowest BCUT2D eigenvalue weighted by Gasteiger charge is -2.11. The fraction of sp³-hybridized carbons (Fsp3) is 0.250. The molecule has 0 fully saturated rings. The van der Waals surface area contributed by atoms with Crippen molar-refractivity contribution in [3.05, 3.63) is 22.2 Å². The molecular formula is C8H7NO2S. The van der Waals surface area contributed by atoms with Crippen LogP contribution in [0.15, 0.2) is 11.6 Å². The van der Waals surface area contributed by atoms with E-state index >= 15 is 0 Å². The van der Waals surface area contributed by atoms with Crippen LogP contribution in [0.5, 0.6) is 0 Å². The fourth-order valence-electron chi connectivity index (χ4n) is 1.29. The number of nitrogens with zero attached hydrogens (tertiary/aromatic N) is 1. The summed E-state index contributed by atoms with van der Waals surface area (Å²) < 4.78 is 0. The number of fused-ring (bicyclic) bond motifs is 1. The standard InChI is InChI=1S/C8H7NO2S/c10-8(11)5-2-1-3-6-7(5)12-4-9-6/h1,3-5H,2H2,(H,10,11). The van der Waals surface area contributed by atoms with E-state index in [1.54, 1.807) is 5.51 Å². The van der Waals surface area contributed by atoms with E-state index in [9.17, 15) is 4.79 Å². The van der Waals surface area contributed by atoms with E-state index in [0.717, 1.165) is 10.6 Å². The molecule has 1 aromatic heterocycles. The maximum atomic E-state index is 10.8. The lowest BCUT2D eigenvalue weighted by Crippen LogP contribution is -2.12. The summed E-state index contributed by atoms with van der Waals surface area (Å²) in [5.74, 6) is -1.14. The molecule has 0 amide bonds. The van der Waals surface area contributed by atoms with Crippen molar-refractivity contribution < 1.29 is 9.90 Å². The Labute approximate surface area is 73.4 Å². The Bertz CT molecular complexity index is 343. The van der Waals surface area contributed by atoms with Crippen molar-refractivity contribution in [2.45, 2.75) is 12.3 Å². The van der Waals surface area contributed by atoms with Crippen molar-refractivity contribution in [3.8, 4) is 0 Å². The summed E-state index contributed by atoms with van der Waals surface area (Å²) in [7, 11) is 0. The highest BCUT2D eigenvalue weighted by Gasteiger charge is 2.25. The first-order chi connectivity index (χ1) is 5.79. The molecule has 4 heteroatoms. The van der Waals surface area contributed by atoms with Crippen molar-refractivity contribution in [1.29, 1.82) is 0 Å². The molecule has 0 aromatic carbocycles. The van der Waals surface area contributed by atoms with Gasteiger partial charge in [0.25, 0.3) is 0 Å². The second-order valence-corrected chi connectivity index (χ2v) is 3.52. The fourth-order valence-corrected chi connectivity index (χ4v) is 2.17. The zero-order valence-electron chi connectivity index (χ0n) is 6.23. The monoisotopic (exact) mass is 181 g/mol. The van der Waals surface area contributed by atoms with Gasteiger partial charge in [0.1, 0.15) is 0 Å². The first-order valence-electron chi connectivity index (χ1n) is 3.62. The molecule has 0 aliphatic heterocycles. The maximum Gasteiger partial charge on any atom is 0.312 e. The van der Waals surface area contributed by atoms with Crippen molar-refractivity contribution >= 4 is 23.4 Å². The van der Waals surface area contributed by atoms with Gasteiger partial charge in [0.15, 0.2) is 0 Å². The van der Waals surface area contributed by atoms with Gasteiger partial charge >= 0.3 is 5.97 Å². The van der Waals surface area contributed by atoms with Crippen molar-refractivity contribution in [2.24, 2.45) is 0 Å². The van der Waals surface area contributed by atoms with Crippen LogP contribution in [0.3, 0.4) is 0 Å². The number of carboxylic acids is 1. The predicted octanol–water partition coefficient (Wildman–Crippen LogP) is 1.73. The van der Waals surface area contributed by atoms with Gasteiger partial charge < -0.3 is 5.11 Å². The molecule has 12 heavy (non-hydrogen) atoms. The zero-order chi connectivity index (χ0) is 8.55. The Balaban J connectivity index is 2.45. The molecule has 62 valence electrons. The highest BCUT2D eigenvalue weighted by molar-refractivity contribution is 7.10. The van der Waals surface area contributed by atoms with Crippen LogP contribution in [-0.4, -0.2) is 16.1 Å². The van der Waals surface area contributed by atoms with E-state index < -0.39 is 5.97 Å². The summed E-state index contributed by atoms with van der Waals surface area (Å²) in [5.41, 5.74) is 2.51. The average molecular weight is 181 g/mol. The van der Waals surface area contributed by atoms with E-state index in [1.807, 2.05) is 12.2 Å². The lowest BCUT2D eigenvalue weighted by atomic mass is 9.97. The van der Waals surface area contributed by atoms with Crippen LogP contribution < -0.4 is 0 Å². The van der Waals surface area contributed by atoms with Crippen molar-refractivity contribution in [3.63, 3.8) is 0 Å². The van der Waals surface area contributed by atoms with Gasteiger partial charge in [0.05, 0.1) is 17.1 Å². The summed E-state index contributed by atoms with van der Waals surface area (Å²) in [5, 5.41) is 8.85. The smallest absolute Gasteiger partial charge is 0.312 e. The number of carboxylic acid groups (broad SMARTS) is 1. The van der Waals surface area contributed by atoms with Crippen LogP contribution in [0.4, 0.5) is 0 Å². The van der Waals surface area contributed by atoms with Crippen molar-refractivity contribution in [1.82, 2.24) is 4.98 Å². The van der Waals surface area contributed by atoms with E-state index in [1.165, 1.54) is 11.3 Å². The molecule has 1 aliphatic carbocycles. The second-order valence-electron chi connectivity index (χ2n) is 2.63. The van der Waals surface area contributed by atoms with Crippen LogP contribution in [0.25, 0.3) is 6.08 Å². The first-order valence-corrected chi connectivity index (χ1v) is 4.49. The molecule has 2 rings (SSSR count). The van der Waals surface area contributed by atoms with E-state index in [4.69, 9.17) is 5.11 Å². The molecule has 0 saturated heterocycles. The van der Waals surface area contributed by atoms with Crippen LogP contribution in [-0.2, 0) is 4.79 Å². The lowest BCUT2D eigenvalue weighted by molar-refractivity contribution is -0.138. The number of aromatic nitrogens is 1. The van der Waals surface area contributed by atoms with Gasteiger partial charge in [-0.1, -0.05) is 6.08 Å². The molecule has 1 atom stereocenters. The van der Waals surface area contributed by atoms with Crippen LogP contribution >= 0.6 is 11.3 Å². The first kappa shape index (κ1) is 7.49. The number of allylic oxidation sites excluding steroid dienone is 1. The molecule has 3 nitrogen and oxygen atoms in total. The molecule has 1 unspecified atom stereocenters. The topological polar surface area (TPSA) is 50.2 Å². The summed E-state index contributed by atoms with van der Waals surface area (Å²) in [6.07, 6.45) is 4.33. The van der Waals surface area contributed by atoms with Gasteiger partial charge in [-0.2, -0.15) is 0 Å². The molecular weight excluding hydrogens is 174 g/mol. The minimum absolute atomic E-state index is 0.377. The molecule has 0 spiro atoms. The van der Waals surface area contributed by atoms with E-state index in [2.05, 4.69) is 4.98 Å². The summed E-state index contributed by atoms with van der Waals surface area (Å²) in [4.78, 5) is 15.7. The van der Waals surface area contributed by atoms with Gasteiger partial charge in [-0.25, -0.2) is 4.98 Å². The summed E-state index contributed by atoms with van der Waals surface area (Å²) in [6.45, 7) is 0. The second kappa shape index (κ2) is 2.71. The summed E-state index contributed by atoms with van der Waals surface area (Å²) >= 11 is 1.42. The third-order valence-corrected chi connectivity index (χ3v) is 2.84. The Hall–Kier alpha value is -1.16. The Kier molecular flexibility index (Phi) is 1.69. The number of aliphatic carboxylic acids is 1. The maximum absolute atomic E-state index is 10.8. The minimum atomic E-state index is -0.759. The number of hydrogen-bond acceptors (Lipinski definition) is 3. The Morgan fingerprint density at radius 2 is 2.58 bits per heavy atom. The Morgan fingerprint density at radius 1 is 1.75 bits per heavy atom. The highest BCUT2D eigenvalue weighted by atomic mass is 32.1. The Morgan fingerprint density at radius 3 is 3.33 bits per heavy atom. The van der Waals surface area contributed by atoms with Gasteiger partial charge in [-0.3, -0.25) is 4.79 Å². The number of thiazole rings is 1. The van der Waals surface area contributed by atoms with Crippen molar-refractivity contribution in [2.75, 3.05) is 0 Å². The number of carbonyl (C=O) groups is 1. The van der Waals surface area contributed by atoms with Crippen LogP contribution in [0.2, 0.25) is 0 Å². The third-order valence-electron chi connectivity index (χ3n) is 1.89. The largest absolute Gasteiger partial charge is 0.481 e. The van der Waals surface area contributed by atoms with Gasteiger partial charge in [-0.05, 0) is 12.5 Å². The normalized spacial score (nSPS) is 20.5. The molecule has 0 radical (unpaired) electrons. The minimum Gasteiger partial charge on any atom is -0.481 e. The molecule has 0 bridgehead atoms. The number of hydrogen-bond donors (Lipinski definition) is 1. The third kappa shape index (κ3) is 1.04. The quantitative estimate of drug-likeness (QED) is 0.717. The van der Waals surface area contributed by atoms with E-state index in [0.29, 0.717) is 6.42 Å². The van der Waals surface area contributed by atoms with Crippen LogP contribution in [0.1, 0.15) is 22.9 Å². The summed E-state index contributed by atoms with van der Waals surface area (Å²) in [6, 6.07) is 0. The molecule has 1 N–H and O–H groups in total. The highest BCUT2D eigenvalue weighted by Crippen LogP contribution is 2.32. The van der Waals surface area contributed by atoms with E-state index in [-0.39, 0.29) is 5.92 Å². The molecule has 1 aromatic rings. The SMILES string of the molecule is O=C(O)C1CC=Cc2ncsc21. The zero-order valence-corrected chi connectivity index (χ0v) is 7.04. The van der Waals surface area contributed by atoms with Gasteiger partial charge in [-0.15, -0.1) is 11.3 Å².